The van der Waals surface area contributed by atoms with Gasteiger partial charge in [0.05, 0.1) is 0 Å². The third kappa shape index (κ3) is 4.94. The normalized spacial score (nSPS) is 30.2. The van der Waals surface area contributed by atoms with Crippen LogP contribution in [0, 0.1) is 11.3 Å². The summed E-state index contributed by atoms with van der Waals surface area (Å²) in [4.78, 5) is 14.2. The van der Waals surface area contributed by atoms with Crippen molar-refractivity contribution in [3.05, 3.63) is 35.5 Å². The zero-order chi connectivity index (χ0) is 17.7. The van der Waals surface area contributed by atoms with Gasteiger partial charge >= 0.3 is 0 Å². The van der Waals surface area contributed by atoms with Gasteiger partial charge in [-0.05, 0) is 51.1 Å². The third-order valence-corrected chi connectivity index (χ3v) is 6.51. The number of hydrogen-bond donors (Lipinski definition) is 0. The van der Waals surface area contributed by atoms with E-state index in [9.17, 15) is 4.79 Å². The molecule has 0 aromatic rings. The highest BCUT2D eigenvalue weighted by molar-refractivity contribution is 5.91. The molecule has 0 radical (unpaired) electrons. The van der Waals surface area contributed by atoms with Crippen LogP contribution in [0.2, 0.25) is 0 Å². The molecule has 1 saturated carbocycles. The van der Waals surface area contributed by atoms with Gasteiger partial charge in [-0.15, -0.1) is 0 Å². The Bertz CT molecular complexity index is 565. The largest absolute Gasteiger partial charge is 0.305 e. The maximum Gasteiger partial charge on any atom is 0.155 e. The lowest BCUT2D eigenvalue weighted by molar-refractivity contribution is -0.116. The van der Waals surface area contributed by atoms with E-state index in [0.717, 1.165) is 44.7 Å². The summed E-state index contributed by atoms with van der Waals surface area (Å²) in [6, 6.07) is 0. The summed E-state index contributed by atoms with van der Waals surface area (Å²) < 4.78 is 0. The summed E-state index contributed by atoms with van der Waals surface area (Å²) in [7, 11) is 2.21. The van der Waals surface area contributed by atoms with Crippen LogP contribution in [0.5, 0.6) is 0 Å². The van der Waals surface area contributed by atoms with Crippen molar-refractivity contribution in [1.29, 1.82) is 0 Å². The summed E-state index contributed by atoms with van der Waals surface area (Å²) in [6.45, 7) is 4.56. The average Bonchev–Trinajstić information content (AvgIpc) is 3.08. The molecule has 0 spiro atoms. The Morgan fingerprint density at radius 3 is 2.64 bits per heavy atom. The Morgan fingerprint density at radius 2 is 2.00 bits per heavy atom. The van der Waals surface area contributed by atoms with E-state index in [2.05, 4.69) is 37.1 Å². The number of carbonyl (C=O) groups is 1. The van der Waals surface area contributed by atoms with Gasteiger partial charge in [0.15, 0.2) is 5.78 Å². The number of hydrogen-bond acceptors (Lipinski definition) is 2. The Kier molecular flexibility index (Phi) is 6.33. The molecule has 2 fully saturated rings. The predicted octanol–water partition coefficient (Wildman–Crippen LogP) is 5.46. The van der Waals surface area contributed by atoms with E-state index < -0.39 is 0 Å². The maximum absolute atomic E-state index is 11.7. The molecule has 1 atom stereocenters. The van der Waals surface area contributed by atoms with Crippen LogP contribution in [0.15, 0.2) is 35.5 Å². The first kappa shape index (κ1) is 18.6. The van der Waals surface area contributed by atoms with Crippen LogP contribution >= 0.6 is 0 Å². The first-order valence-corrected chi connectivity index (χ1v) is 10.3. The van der Waals surface area contributed by atoms with Crippen molar-refractivity contribution >= 4 is 5.78 Å². The minimum absolute atomic E-state index is 0.248. The zero-order valence-corrected chi connectivity index (χ0v) is 16.2. The number of piperidine rings is 1. The predicted molar refractivity (Wildman–Crippen MR) is 106 cm³/mol. The summed E-state index contributed by atoms with van der Waals surface area (Å²) in [5.74, 6) is 1.39. The minimum atomic E-state index is 0.248. The molecule has 0 aromatic carbocycles. The number of rotatable bonds is 2. The summed E-state index contributed by atoms with van der Waals surface area (Å²) in [5, 5.41) is 0. The van der Waals surface area contributed by atoms with E-state index in [4.69, 9.17) is 0 Å². The van der Waals surface area contributed by atoms with Crippen molar-refractivity contribution < 1.29 is 4.79 Å². The molecule has 0 N–H and O–H groups in total. The van der Waals surface area contributed by atoms with Crippen molar-refractivity contribution in [3.8, 4) is 0 Å². The van der Waals surface area contributed by atoms with Gasteiger partial charge in [0.1, 0.15) is 0 Å². The smallest absolute Gasteiger partial charge is 0.155 e. The molecule has 4 rings (SSSR count). The summed E-state index contributed by atoms with van der Waals surface area (Å²) in [5.41, 5.74) is 3.24. The highest BCUT2D eigenvalue weighted by Crippen LogP contribution is 2.47. The molecule has 4 aliphatic rings. The first-order valence-electron chi connectivity index (χ1n) is 10.3. The van der Waals surface area contributed by atoms with Crippen molar-refractivity contribution in [3.63, 3.8) is 0 Å². The van der Waals surface area contributed by atoms with Crippen molar-refractivity contribution in [2.24, 2.45) is 11.3 Å². The standard InChI is InChI=1S/C17H23NO.C6H12/c1-18-10-8-15-11-16(19)7-9-17(15,13-18)12-14-5-3-2-4-6-14;1-6-4-2-3-5-6/h2-3,5,11H,4,6-10,12-13H2,1H3;6H,2-5H2,1H3. The Hall–Kier alpha value is -1.15. The molecule has 2 nitrogen and oxygen atoms in total. The first-order chi connectivity index (χ1) is 12.1. The second kappa shape index (κ2) is 8.49. The molecule has 1 saturated heterocycles. The number of nitrogens with zero attached hydrogens (tertiary/aromatic N) is 1. The maximum atomic E-state index is 11.7. The van der Waals surface area contributed by atoms with Crippen LogP contribution in [0.25, 0.3) is 0 Å². The van der Waals surface area contributed by atoms with Gasteiger partial charge in [-0.3, -0.25) is 4.79 Å². The number of allylic oxidation sites excluding steroid dienone is 5. The van der Waals surface area contributed by atoms with Crippen molar-refractivity contribution in [2.45, 2.75) is 71.1 Å². The number of likely N-dealkylation sites (tertiary alicyclic amines) is 1. The molecule has 138 valence electrons. The molecule has 3 aliphatic carbocycles. The zero-order valence-electron chi connectivity index (χ0n) is 16.2. The van der Waals surface area contributed by atoms with Gasteiger partial charge in [0.25, 0.3) is 0 Å². The lowest BCUT2D eigenvalue weighted by Crippen LogP contribution is -2.45. The van der Waals surface area contributed by atoms with E-state index in [1.807, 2.05) is 6.08 Å². The van der Waals surface area contributed by atoms with E-state index in [1.165, 1.54) is 44.1 Å². The van der Waals surface area contributed by atoms with E-state index >= 15 is 0 Å². The number of fused-ring (bicyclic) bond motifs is 1. The van der Waals surface area contributed by atoms with Crippen LogP contribution in [-0.2, 0) is 4.79 Å². The number of carbonyl (C=O) groups excluding carboxylic acids is 1. The van der Waals surface area contributed by atoms with Crippen LogP contribution in [0.1, 0.15) is 71.1 Å². The molecule has 25 heavy (non-hydrogen) atoms. The van der Waals surface area contributed by atoms with Crippen LogP contribution in [-0.4, -0.2) is 30.8 Å². The topological polar surface area (TPSA) is 20.3 Å². The molecule has 1 unspecified atom stereocenters. The fraction of sp³-hybridized carbons (Fsp3) is 0.696. The van der Waals surface area contributed by atoms with E-state index in [-0.39, 0.29) is 5.41 Å². The number of ketones is 1. The lowest BCUT2D eigenvalue weighted by Gasteiger charge is -2.46. The second-order valence-corrected chi connectivity index (χ2v) is 8.76. The van der Waals surface area contributed by atoms with Gasteiger partial charge in [0, 0.05) is 24.9 Å². The SMILES string of the molecule is CC1CCCC1.CN1CCC2=CC(=O)CCC2(CC2=CC=CCC2)C1. The monoisotopic (exact) mass is 341 g/mol. The fourth-order valence-corrected chi connectivity index (χ4v) is 4.99. The highest BCUT2D eigenvalue weighted by Gasteiger charge is 2.41. The van der Waals surface area contributed by atoms with E-state index in [1.54, 1.807) is 5.57 Å². The Balaban J connectivity index is 0.000000258. The van der Waals surface area contributed by atoms with Crippen molar-refractivity contribution in [2.75, 3.05) is 20.1 Å². The quantitative estimate of drug-likeness (QED) is 0.664. The van der Waals surface area contributed by atoms with Gasteiger partial charge in [-0.25, -0.2) is 0 Å². The minimum Gasteiger partial charge on any atom is -0.305 e. The van der Waals surface area contributed by atoms with Crippen LogP contribution in [0.4, 0.5) is 0 Å². The molecule has 0 amide bonds. The van der Waals surface area contributed by atoms with Gasteiger partial charge in [-0.2, -0.15) is 0 Å². The molecule has 1 heterocycles. The molecular formula is C23H35NO. The van der Waals surface area contributed by atoms with Gasteiger partial charge in [-0.1, -0.05) is 62.0 Å². The van der Waals surface area contributed by atoms with Crippen molar-refractivity contribution in [1.82, 2.24) is 4.90 Å². The van der Waals surface area contributed by atoms with Gasteiger partial charge < -0.3 is 4.90 Å². The van der Waals surface area contributed by atoms with Crippen LogP contribution < -0.4 is 0 Å². The highest BCUT2D eigenvalue weighted by atomic mass is 16.1. The molecule has 0 bridgehead atoms. The Morgan fingerprint density at radius 1 is 1.20 bits per heavy atom. The lowest BCUT2D eigenvalue weighted by atomic mass is 9.65. The van der Waals surface area contributed by atoms with E-state index in [0.29, 0.717) is 5.78 Å². The molecule has 1 aliphatic heterocycles. The van der Waals surface area contributed by atoms with Crippen LogP contribution in [0.3, 0.4) is 0 Å². The molecule has 2 heteroatoms. The summed E-state index contributed by atoms with van der Waals surface area (Å²) in [6.07, 6.45) is 21.0. The molecule has 0 aromatic heterocycles. The third-order valence-electron chi connectivity index (χ3n) is 6.51. The Labute approximate surface area is 154 Å². The second-order valence-electron chi connectivity index (χ2n) is 8.76. The average molecular weight is 342 g/mol. The fourth-order valence-electron chi connectivity index (χ4n) is 4.99. The molecular weight excluding hydrogens is 306 g/mol. The van der Waals surface area contributed by atoms with Gasteiger partial charge in [0.2, 0.25) is 0 Å². The summed E-state index contributed by atoms with van der Waals surface area (Å²) >= 11 is 0.